The third kappa shape index (κ3) is 1.69. The summed E-state index contributed by atoms with van der Waals surface area (Å²) in [7, 11) is 0. The first-order valence-corrected chi connectivity index (χ1v) is 8.33. The van der Waals surface area contributed by atoms with Crippen molar-refractivity contribution in [2.24, 2.45) is 0 Å². The van der Waals surface area contributed by atoms with Crippen LogP contribution in [0.3, 0.4) is 0 Å². The average Bonchev–Trinajstić information content (AvgIpc) is 3.15. The third-order valence-corrected chi connectivity index (χ3v) is 5.06. The Morgan fingerprint density at radius 2 is 1.44 bits per heavy atom. The lowest BCUT2D eigenvalue weighted by atomic mass is 9.98. The average molecular weight is 319 g/mol. The van der Waals surface area contributed by atoms with Crippen LogP contribution in [0.25, 0.3) is 48.9 Å². The number of imidazole rings is 1. The van der Waals surface area contributed by atoms with Gasteiger partial charge in [0, 0.05) is 17.0 Å². The maximum absolute atomic E-state index is 4.58. The van der Waals surface area contributed by atoms with E-state index < -0.39 is 0 Å². The number of pyridine rings is 2. The Labute approximate surface area is 143 Å². The molecule has 6 aromatic rings. The van der Waals surface area contributed by atoms with E-state index in [2.05, 4.69) is 69.0 Å². The zero-order chi connectivity index (χ0) is 16.4. The Kier molecular flexibility index (Phi) is 2.35. The first-order chi connectivity index (χ1) is 12.4. The van der Waals surface area contributed by atoms with Crippen LogP contribution in [0, 0.1) is 0 Å². The molecule has 0 saturated heterocycles. The minimum absolute atomic E-state index is 0.947. The zero-order valence-corrected chi connectivity index (χ0v) is 13.3. The Morgan fingerprint density at radius 3 is 2.24 bits per heavy atom. The second kappa shape index (κ2) is 4.54. The van der Waals surface area contributed by atoms with Crippen molar-refractivity contribution in [3.05, 3.63) is 79.4 Å². The lowest BCUT2D eigenvalue weighted by Gasteiger charge is -2.10. The quantitative estimate of drug-likeness (QED) is 0.279. The van der Waals surface area contributed by atoms with Gasteiger partial charge in [-0.25, -0.2) is 9.97 Å². The van der Waals surface area contributed by atoms with Crippen LogP contribution in [-0.4, -0.2) is 14.4 Å². The molecule has 0 spiro atoms. The van der Waals surface area contributed by atoms with E-state index in [0.29, 0.717) is 0 Å². The molecular weight excluding hydrogens is 306 g/mol. The molecule has 0 aliphatic rings. The molecule has 0 atom stereocenters. The second-order valence-corrected chi connectivity index (χ2v) is 6.47. The van der Waals surface area contributed by atoms with Gasteiger partial charge in [0.05, 0.1) is 11.7 Å². The molecule has 0 fully saturated rings. The normalized spacial score (nSPS) is 12.0. The second-order valence-electron chi connectivity index (χ2n) is 6.47. The molecule has 116 valence electrons. The monoisotopic (exact) mass is 319 g/mol. The van der Waals surface area contributed by atoms with Gasteiger partial charge in [-0.3, -0.25) is 4.40 Å². The van der Waals surface area contributed by atoms with Crippen molar-refractivity contribution >= 4 is 48.9 Å². The van der Waals surface area contributed by atoms with Crippen LogP contribution < -0.4 is 0 Å². The predicted octanol–water partition coefficient (Wildman–Crippen LogP) is 5.34. The molecule has 6 rings (SSSR count). The van der Waals surface area contributed by atoms with Gasteiger partial charge in [-0.05, 0) is 63.3 Å². The van der Waals surface area contributed by atoms with E-state index >= 15 is 0 Å². The van der Waals surface area contributed by atoms with Crippen LogP contribution in [0.2, 0.25) is 0 Å². The number of aromatic nitrogens is 3. The fourth-order valence-corrected chi connectivity index (χ4v) is 3.89. The van der Waals surface area contributed by atoms with E-state index in [1.54, 1.807) is 0 Å². The highest BCUT2D eigenvalue weighted by Crippen LogP contribution is 2.33. The summed E-state index contributed by atoms with van der Waals surface area (Å²) < 4.78 is 2.07. The van der Waals surface area contributed by atoms with Crippen molar-refractivity contribution < 1.29 is 0 Å². The Balaban J connectivity index is 1.91. The van der Waals surface area contributed by atoms with Crippen LogP contribution >= 0.6 is 0 Å². The molecule has 3 aromatic heterocycles. The number of hydrogen-bond acceptors (Lipinski definition) is 2. The van der Waals surface area contributed by atoms with Crippen molar-refractivity contribution in [3.8, 4) is 0 Å². The molecule has 0 amide bonds. The number of fused-ring (bicyclic) bond motifs is 8. The van der Waals surface area contributed by atoms with Crippen molar-refractivity contribution in [3.63, 3.8) is 0 Å². The van der Waals surface area contributed by atoms with E-state index in [-0.39, 0.29) is 0 Å². The van der Waals surface area contributed by atoms with Crippen LogP contribution in [0.15, 0.2) is 79.4 Å². The topological polar surface area (TPSA) is 30.2 Å². The van der Waals surface area contributed by atoms with E-state index in [1.165, 1.54) is 32.3 Å². The summed E-state index contributed by atoms with van der Waals surface area (Å²) in [5.41, 5.74) is 2.04. The maximum atomic E-state index is 4.58. The zero-order valence-electron chi connectivity index (χ0n) is 13.3. The lowest BCUT2D eigenvalue weighted by Crippen LogP contribution is -1.92. The lowest BCUT2D eigenvalue weighted by molar-refractivity contribution is 1.17. The van der Waals surface area contributed by atoms with Crippen molar-refractivity contribution in [2.75, 3.05) is 0 Å². The SMILES string of the molecule is c1ccc2cc3cc4c(cc3cc2c1)c1cccnc1n1cncc41. The van der Waals surface area contributed by atoms with E-state index in [0.717, 1.165) is 16.6 Å². The van der Waals surface area contributed by atoms with Gasteiger partial charge in [-0.2, -0.15) is 0 Å². The minimum Gasteiger partial charge on any atom is -0.282 e. The molecule has 0 unspecified atom stereocenters. The third-order valence-electron chi connectivity index (χ3n) is 5.06. The first-order valence-electron chi connectivity index (χ1n) is 8.33. The minimum atomic E-state index is 0.947. The van der Waals surface area contributed by atoms with Crippen LogP contribution in [0.1, 0.15) is 0 Å². The Morgan fingerprint density at radius 1 is 0.680 bits per heavy atom. The van der Waals surface area contributed by atoms with Crippen LogP contribution in [0.4, 0.5) is 0 Å². The fourth-order valence-electron chi connectivity index (χ4n) is 3.89. The maximum Gasteiger partial charge on any atom is 0.146 e. The molecule has 3 aromatic carbocycles. The van der Waals surface area contributed by atoms with Gasteiger partial charge in [0.2, 0.25) is 0 Å². The van der Waals surface area contributed by atoms with Crippen molar-refractivity contribution in [2.45, 2.75) is 0 Å². The molecule has 0 aliphatic heterocycles. The summed E-state index contributed by atoms with van der Waals surface area (Å²) in [5.74, 6) is 0. The molecule has 3 heteroatoms. The fraction of sp³-hybridized carbons (Fsp3) is 0. The highest BCUT2D eigenvalue weighted by atomic mass is 15.0. The van der Waals surface area contributed by atoms with Crippen molar-refractivity contribution in [1.82, 2.24) is 14.4 Å². The highest BCUT2D eigenvalue weighted by molar-refractivity contribution is 6.17. The summed E-state index contributed by atoms with van der Waals surface area (Å²) in [5, 5.41) is 8.61. The van der Waals surface area contributed by atoms with Gasteiger partial charge in [0.1, 0.15) is 12.0 Å². The number of rotatable bonds is 0. The number of benzene rings is 3. The predicted molar refractivity (Wildman–Crippen MR) is 103 cm³/mol. The van der Waals surface area contributed by atoms with Gasteiger partial charge in [-0.1, -0.05) is 24.3 Å². The van der Waals surface area contributed by atoms with Crippen molar-refractivity contribution in [1.29, 1.82) is 0 Å². The van der Waals surface area contributed by atoms with Gasteiger partial charge < -0.3 is 0 Å². The highest BCUT2D eigenvalue weighted by Gasteiger charge is 2.11. The first kappa shape index (κ1) is 12.9. The number of nitrogens with zero attached hydrogens (tertiary/aromatic N) is 3. The summed E-state index contributed by atoms with van der Waals surface area (Å²) in [6, 6.07) is 21.7. The van der Waals surface area contributed by atoms with E-state index in [1.807, 2.05) is 24.8 Å². The largest absolute Gasteiger partial charge is 0.282 e. The number of hydrogen-bond donors (Lipinski definition) is 0. The van der Waals surface area contributed by atoms with Gasteiger partial charge >= 0.3 is 0 Å². The molecule has 3 heterocycles. The Bertz CT molecular complexity index is 1440. The summed E-state index contributed by atoms with van der Waals surface area (Å²) in [6.45, 7) is 0. The van der Waals surface area contributed by atoms with Gasteiger partial charge in [0.25, 0.3) is 0 Å². The van der Waals surface area contributed by atoms with Crippen LogP contribution in [-0.2, 0) is 0 Å². The molecule has 25 heavy (non-hydrogen) atoms. The van der Waals surface area contributed by atoms with E-state index in [4.69, 9.17) is 0 Å². The Hall–Kier alpha value is -3.46. The summed E-state index contributed by atoms with van der Waals surface area (Å²) in [6.07, 6.45) is 5.60. The van der Waals surface area contributed by atoms with Gasteiger partial charge in [-0.15, -0.1) is 0 Å². The smallest absolute Gasteiger partial charge is 0.146 e. The molecule has 0 saturated carbocycles. The summed E-state index contributed by atoms with van der Waals surface area (Å²) >= 11 is 0. The molecule has 0 radical (unpaired) electrons. The molecular formula is C22H13N3. The van der Waals surface area contributed by atoms with Crippen LogP contribution in [0.5, 0.6) is 0 Å². The molecule has 0 bridgehead atoms. The van der Waals surface area contributed by atoms with Gasteiger partial charge in [0.15, 0.2) is 0 Å². The van der Waals surface area contributed by atoms with E-state index in [9.17, 15) is 0 Å². The molecule has 3 nitrogen and oxygen atoms in total. The molecule has 0 aliphatic carbocycles. The molecule has 0 N–H and O–H groups in total. The standard InChI is InChI=1S/C22H13N3/c1-2-5-15-9-17-11-20-19(10-16(17)8-14(15)4-1)18-6-3-7-24-22(18)25-13-23-12-21(20)25/h1-13H. The summed E-state index contributed by atoms with van der Waals surface area (Å²) in [4.78, 5) is 8.94.